The predicted octanol–water partition coefficient (Wildman–Crippen LogP) is 5.67. The molecule has 1 atom stereocenters. The monoisotopic (exact) mass is 448 g/mol. The Hall–Kier alpha value is -2.90. The van der Waals surface area contributed by atoms with Crippen LogP contribution in [0, 0.1) is 0 Å². The highest BCUT2D eigenvalue weighted by Gasteiger charge is 2.36. The van der Waals surface area contributed by atoms with Gasteiger partial charge in [-0.05, 0) is 69.9 Å². The van der Waals surface area contributed by atoms with Gasteiger partial charge in [-0.25, -0.2) is 4.79 Å². The number of ether oxygens (including phenoxy) is 1. The van der Waals surface area contributed by atoms with Crippen LogP contribution in [0.1, 0.15) is 51.2 Å². The number of aromatic nitrogens is 1. The van der Waals surface area contributed by atoms with E-state index in [1.807, 2.05) is 0 Å². The summed E-state index contributed by atoms with van der Waals surface area (Å²) in [5.41, 5.74) is 0.621. The van der Waals surface area contributed by atoms with Crippen molar-refractivity contribution in [2.24, 2.45) is 0 Å². The first-order valence-electron chi connectivity index (χ1n) is 10.6. The summed E-state index contributed by atoms with van der Waals surface area (Å²) in [5, 5.41) is 0. The molecule has 32 heavy (non-hydrogen) atoms. The van der Waals surface area contributed by atoms with Gasteiger partial charge in [-0.2, -0.15) is 13.2 Å². The van der Waals surface area contributed by atoms with Crippen LogP contribution in [0.2, 0.25) is 0 Å². The molecular weight excluding hydrogens is 421 g/mol. The van der Waals surface area contributed by atoms with Crippen LogP contribution in [-0.4, -0.2) is 39.9 Å². The molecule has 2 aromatic rings. The lowest BCUT2D eigenvalue weighted by atomic mass is 10.0. The lowest BCUT2D eigenvalue weighted by Crippen LogP contribution is -2.43. The van der Waals surface area contributed by atoms with Gasteiger partial charge < -0.3 is 4.74 Å². The fraction of sp³-hybridized carbons (Fsp3) is 0.458. The Labute approximate surface area is 185 Å². The summed E-state index contributed by atoms with van der Waals surface area (Å²) in [6, 6.07) is 7.89. The van der Waals surface area contributed by atoms with Crippen LogP contribution < -0.4 is 0 Å². The van der Waals surface area contributed by atoms with Crippen molar-refractivity contribution in [2.75, 3.05) is 6.54 Å². The Balaban J connectivity index is 1.63. The van der Waals surface area contributed by atoms with Crippen LogP contribution in [-0.2, 0) is 22.1 Å². The maximum atomic E-state index is 12.8. The molecule has 1 fully saturated rings. The van der Waals surface area contributed by atoms with Gasteiger partial charge in [0.1, 0.15) is 5.60 Å². The van der Waals surface area contributed by atoms with Crippen LogP contribution in [0.3, 0.4) is 0 Å². The van der Waals surface area contributed by atoms with E-state index < -0.39 is 29.5 Å². The molecular formula is C24H27F3N2O3. The van der Waals surface area contributed by atoms with Gasteiger partial charge in [0, 0.05) is 24.7 Å². The molecule has 1 saturated heterocycles. The van der Waals surface area contributed by atoms with Gasteiger partial charge in [0.25, 0.3) is 0 Å². The molecule has 0 radical (unpaired) electrons. The van der Waals surface area contributed by atoms with Gasteiger partial charge in [0.15, 0.2) is 5.78 Å². The van der Waals surface area contributed by atoms with Gasteiger partial charge in [-0.1, -0.05) is 12.1 Å². The first kappa shape index (κ1) is 23.8. The zero-order chi connectivity index (χ0) is 23.5. The van der Waals surface area contributed by atoms with Gasteiger partial charge in [0.2, 0.25) is 0 Å². The zero-order valence-electron chi connectivity index (χ0n) is 18.4. The van der Waals surface area contributed by atoms with Crippen molar-refractivity contribution in [1.82, 2.24) is 9.88 Å². The van der Waals surface area contributed by atoms with Gasteiger partial charge in [-0.15, -0.1) is 0 Å². The minimum Gasteiger partial charge on any atom is -0.444 e. The van der Waals surface area contributed by atoms with Gasteiger partial charge >= 0.3 is 12.3 Å². The molecule has 0 bridgehead atoms. The van der Waals surface area contributed by atoms with Crippen LogP contribution >= 0.6 is 0 Å². The number of likely N-dealkylation sites (tertiary alicyclic amines) is 1. The molecule has 3 rings (SSSR count). The van der Waals surface area contributed by atoms with E-state index in [0.717, 1.165) is 24.1 Å². The molecule has 8 heteroatoms. The van der Waals surface area contributed by atoms with Crippen molar-refractivity contribution in [1.29, 1.82) is 0 Å². The van der Waals surface area contributed by atoms with Crippen LogP contribution in [0.5, 0.6) is 0 Å². The number of hydrogen-bond acceptors (Lipinski definition) is 4. The lowest BCUT2D eigenvalue weighted by molar-refractivity contribution is -0.137. The predicted molar refractivity (Wildman–Crippen MR) is 114 cm³/mol. The second-order valence-corrected chi connectivity index (χ2v) is 8.92. The lowest BCUT2D eigenvalue weighted by Gasteiger charge is -2.28. The average molecular weight is 448 g/mol. The number of nitrogens with zero attached hydrogens (tertiary/aromatic N) is 2. The minimum atomic E-state index is -4.39. The first-order chi connectivity index (χ1) is 14.9. The number of benzene rings is 1. The number of carbonyl (C=O) groups excluding carboxylic acids is 2. The van der Waals surface area contributed by atoms with Crippen molar-refractivity contribution < 1.29 is 27.5 Å². The van der Waals surface area contributed by atoms with Crippen molar-refractivity contribution in [3.05, 3.63) is 53.7 Å². The van der Waals surface area contributed by atoms with E-state index in [-0.39, 0.29) is 12.2 Å². The van der Waals surface area contributed by atoms with E-state index in [1.165, 1.54) is 17.0 Å². The molecule has 0 N–H and O–H groups in total. The van der Waals surface area contributed by atoms with E-state index in [2.05, 4.69) is 4.98 Å². The van der Waals surface area contributed by atoms with E-state index in [0.29, 0.717) is 30.6 Å². The van der Waals surface area contributed by atoms with Crippen LogP contribution in [0.25, 0.3) is 11.3 Å². The number of pyridine rings is 1. The summed E-state index contributed by atoms with van der Waals surface area (Å²) >= 11 is 0. The summed E-state index contributed by atoms with van der Waals surface area (Å²) in [7, 11) is 0. The number of amides is 1. The normalized spacial score (nSPS) is 16.8. The zero-order valence-corrected chi connectivity index (χ0v) is 18.4. The number of carbonyl (C=O) groups is 2. The van der Waals surface area contributed by atoms with Crippen molar-refractivity contribution >= 4 is 11.9 Å². The summed E-state index contributed by atoms with van der Waals surface area (Å²) in [5.74, 6) is -0.0266. The Morgan fingerprint density at radius 1 is 1.12 bits per heavy atom. The number of alkyl halides is 3. The average Bonchev–Trinajstić information content (AvgIpc) is 3.21. The minimum absolute atomic E-state index is 0.0266. The topological polar surface area (TPSA) is 59.5 Å². The quantitative estimate of drug-likeness (QED) is 0.592. The number of halogens is 3. The molecule has 0 unspecified atom stereocenters. The standard InChI is InChI=1S/C24H27F3N2O3/c1-23(2,3)32-22(31)29-14-4-5-20(29)21(30)11-6-16-12-13-28-19(15-16)17-7-9-18(10-8-17)24(25,26)27/h7-10,12-13,15,20H,4-6,11,14H2,1-3H3/t20-/m0/s1. The van der Waals surface area contributed by atoms with Crippen molar-refractivity contribution in [3.8, 4) is 11.3 Å². The van der Waals surface area contributed by atoms with Gasteiger partial charge in [0.05, 0.1) is 17.3 Å². The first-order valence-corrected chi connectivity index (χ1v) is 10.6. The molecule has 1 aliphatic heterocycles. The molecule has 0 aliphatic carbocycles. The number of aryl methyl sites for hydroxylation is 1. The largest absolute Gasteiger partial charge is 0.444 e. The highest BCUT2D eigenvalue weighted by atomic mass is 19.4. The Bertz CT molecular complexity index is 966. The molecule has 1 aromatic heterocycles. The molecule has 0 spiro atoms. The highest BCUT2D eigenvalue weighted by molar-refractivity contribution is 5.88. The molecule has 1 aromatic carbocycles. The molecule has 1 amide bonds. The second kappa shape index (κ2) is 9.30. The van der Waals surface area contributed by atoms with E-state index >= 15 is 0 Å². The number of Topliss-reactive ketones (excluding diaryl/α,β-unsaturated/α-hetero) is 1. The van der Waals surface area contributed by atoms with Gasteiger partial charge in [-0.3, -0.25) is 14.7 Å². The molecule has 0 saturated carbocycles. The fourth-order valence-corrected chi connectivity index (χ4v) is 3.69. The summed E-state index contributed by atoms with van der Waals surface area (Å²) < 4.78 is 43.7. The third kappa shape index (κ3) is 6.08. The maximum Gasteiger partial charge on any atom is 0.416 e. The van der Waals surface area contributed by atoms with Crippen LogP contribution in [0.4, 0.5) is 18.0 Å². The molecule has 5 nitrogen and oxygen atoms in total. The summed E-state index contributed by atoms with van der Waals surface area (Å²) in [4.78, 5) is 31.0. The van der Waals surface area contributed by atoms with Crippen LogP contribution in [0.15, 0.2) is 42.6 Å². The van der Waals surface area contributed by atoms with Crippen molar-refractivity contribution in [2.45, 2.75) is 64.3 Å². The summed E-state index contributed by atoms with van der Waals surface area (Å²) in [6.45, 7) is 5.86. The molecule has 1 aliphatic rings. The summed E-state index contributed by atoms with van der Waals surface area (Å²) in [6.07, 6.45) is -1.21. The SMILES string of the molecule is CC(C)(C)OC(=O)N1CCC[C@H]1C(=O)CCc1ccnc(-c2ccc(C(F)(F)F)cc2)c1. The molecule has 172 valence electrons. The van der Waals surface area contributed by atoms with E-state index in [1.54, 1.807) is 39.1 Å². The van der Waals surface area contributed by atoms with E-state index in [4.69, 9.17) is 4.74 Å². The second-order valence-electron chi connectivity index (χ2n) is 8.92. The number of rotatable bonds is 5. The smallest absolute Gasteiger partial charge is 0.416 e. The Morgan fingerprint density at radius 2 is 1.81 bits per heavy atom. The number of ketones is 1. The number of hydrogen-bond donors (Lipinski definition) is 0. The third-order valence-electron chi connectivity index (χ3n) is 5.24. The maximum absolute atomic E-state index is 12.8. The highest BCUT2D eigenvalue weighted by Crippen LogP contribution is 2.31. The third-order valence-corrected chi connectivity index (χ3v) is 5.24. The van der Waals surface area contributed by atoms with Crippen molar-refractivity contribution in [3.63, 3.8) is 0 Å². The Kier molecular flexibility index (Phi) is 6.91. The van der Waals surface area contributed by atoms with E-state index in [9.17, 15) is 22.8 Å². The Morgan fingerprint density at radius 3 is 2.44 bits per heavy atom. The fourth-order valence-electron chi connectivity index (χ4n) is 3.69. The molecule has 2 heterocycles.